The second-order valence-corrected chi connectivity index (χ2v) is 33.5. The standard InChI is InChI=1S/C58H42.C55H36O/c1-57(2)50-27-14-13-18-41(50)42-33-32-37(34-51(42)57)53-46-22-10-8-20-44(46)52(45-21-9-11-23-47(45)53)36-30-28-35(29-31-36)38-25-15-26-49-54-43-19-7-5-16-39(43)40-17-6-12-24-48(40)56(54)58(3,4)55(38)49;1-55(2)53-36(23-13-24-46(53)52-40-17-5-3-14-37(40)38-15-4-10-22-45(38)54(52)55)33-26-28-34(29-27-33)50-41-18-6-8-20-43(41)51(44-21-9-7-19-42(44)50)35-30-31-49-47(32-35)39-16-11-12-25-48(39)56-49/h5-34H,1-4H3;3-32H,1-2H3. The number of furan rings is 1. The summed E-state index contributed by atoms with van der Waals surface area (Å²) in [5, 5.41) is 23.1. The van der Waals surface area contributed by atoms with E-state index in [0.717, 1.165) is 21.9 Å². The third-order valence-electron chi connectivity index (χ3n) is 26.4. The molecule has 0 spiro atoms. The smallest absolute Gasteiger partial charge is 0.135 e. The van der Waals surface area contributed by atoms with E-state index in [1.807, 2.05) is 12.1 Å². The van der Waals surface area contributed by atoms with Crippen LogP contribution in [-0.4, -0.2) is 0 Å². The van der Waals surface area contributed by atoms with E-state index in [-0.39, 0.29) is 16.2 Å². The van der Waals surface area contributed by atoms with Crippen molar-refractivity contribution in [1.29, 1.82) is 0 Å². The van der Waals surface area contributed by atoms with Crippen LogP contribution < -0.4 is 0 Å². The normalized spacial score (nSPS) is 13.9. The third-order valence-corrected chi connectivity index (χ3v) is 26.4. The van der Waals surface area contributed by atoms with E-state index >= 15 is 0 Å². The molecule has 0 unspecified atom stereocenters. The molecule has 1 aromatic heterocycles. The molecular formula is C113H78O. The van der Waals surface area contributed by atoms with E-state index in [1.54, 1.807) is 0 Å². The molecule has 21 aromatic rings. The molecule has 0 saturated carbocycles. The fourth-order valence-electron chi connectivity index (χ4n) is 21.6. The van der Waals surface area contributed by atoms with Crippen molar-refractivity contribution >= 4 is 108 Å². The second-order valence-electron chi connectivity index (χ2n) is 33.5. The summed E-state index contributed by atoms with van der Waals surface area (Å²) in [5.74, 6) is 0. The molecule has 0 fully saturated rings. The first-order chi connectivity index (χ1) is 55.9. The van der Waals surface area contributed by atoms with Crippen molar-refractivity contribution in [3.63, 3.8) is 0 Å². The Balaban J connectivity index is 0.000000135. The SMILES string of the molecule is CC1(C)c2c(-c3ccc(-c4c5ccccc5c(-c5ccc6oc7ccccc7c6c5)c5ccccc45)cc3)cccc2-c2c1c1ccccc1c1ccccc21.CC1(C)c2ccccc2-c2ccc(-c3c4ccccc4c(-c4ccc(-c5cccc6c5C(C)(C)c5c-6c6ccccc6c6ccccc56)cc4)c4ccccc34)cc21. The molecule has 0 amide bonds. The lowest BCUT2D eigenvalue weighted by Crippen LogP contribution is -2.17. The largest absolute Gasteiger partial charge is 0.456 e. The van der Waals surface area contributed by atoms with Crippen LogP contribution >= 0.6 is 0 Å². The van der Waals surface area contributed by atoms with Crippen molar-refractivity contribution in [2.45, 2.75) is 57.8 Å². The van der Waals surface area contributed by atoms with Gasteiger partial charge in [0.05, 0.1) is 0 Å². The van der Waals surface area contributed by atoms with Gasteiger partial charge in [-0.25, -0.2) is 0 Å². The molecule has 114 heavy (non-hydrogen) atoms. The number of hydrogen-bond donors (Lipinski definition) is 0. The maximum Gasteiger partial charge on any atom is 0.135 e. The molecule has 1 heterocycles. The van der Waals surface area contributed by atoms with Crippen molar-refractivity contribution in [2.24, 2.45) is 0 Å². The maximum absolute atomic E-state index is 6.22. The molecule has 0 bridgehead atoms. The van der Waals surface area contributed by atoms with E-state index < -0.39 is 0 Å². The van der Waals surface area contributed by atoms with Crippen LogP contribution in [0.1, 0.15) is 74.9 Å². The number of hydrogen-bond acceptors (Lipinski definition) is 1. The zero-order valence-electron chi connectivity index (χ0n) is 64.5. The van der Waals surface area contributed by atoms with E-state index in [9.17, 15) is 0 Å². The average molecular weight is 1450 g/mol. The minimum Gasteiger partial charge on any atom is -0.456 e. The molecule has 0 aliphatic heterocycles. The molecule has 0 radical (unpaired) electrons. The molecule has 0 saturated heterocycles. The Morgan fingerprint density at radius 2 is 0.439 bits per heavy atom. The van der Waals surface area contributed by atoms with Crippen molar-refractivity contribution in [3.05, 3.63) is 397 Å². The van der Waals surface area contributed by atoms with Gasteiger partial charge in [-0.15, -0.1) is 0 Å². The Hall–Kier alpha value is -13.7. The molecule has 3 aliphatic carbocycles. The summed E-state index contributed by atoms with van der Waals surface area (Å²) in [6, 6.07) is 136. The predicted molar refractivity (Wildman–Crippen MR) is 486 cm³/mol. The highest BCUT2D eigenvalue weighted by Gasteiger charge is 2.43. The first-order valence-electron chi connectivity index (χ1n) is 40.3. The van der Waals surface area contributed by atoms with E-state index in [2.05, 4.69) is 393 Å². The summed E-state index contributed by atoms with van der Waals surface area (Å²) in [4.78, 5) is 0. The number of rotatable bonds is 6. The predicted octanol–water partition coefficient (Wildman–Crippen LogP) is 31.4. The maximum atomic E-state index is 6.22. The van der Waals surface area contributed by atoms with Crippen LogP contribution in [0.2, 0.25) is 0 Å². The molecule has 536 valence electrons. The van der Waals surface area contributed by atoms with Gasteiger partial charge in [-0.3, -0.25) is 0 Å². The molecule has 0 N–H and O–H groups in total. The minimum absolute atomic E-state index is 0.0618. The van der Waals surface area contributed by atoms with Crippen molar-refractivity contribution < 1.29 is 4.42 Å². The lowest BCUT2D eigenvalue weighted by molar-refractivity contribution is 0.660. The minimum atomic E-state index is -0.183. The number of fused-ring (bicyclic) bond motifs is 26. The van der Waals surface area contributed by atoms with Gasteiger partial charge in [0.1, 0.15) is 11.2 Å². The average Bonchev–Trinajstić information content (AvgIpc) is 1.51. The van der Waals surface area contributed by atoms with Crippen LogP contribution in [0.5, 0.6) is 0 Å². The Kier molecular flexibility index (Phi) is 14.3. The third kappa shape index (κ3) is 9.42. The summed E-state index contributed by atoms with van der Waals surface area (Å²) in [6.45, 7) is 14.4. The molecule has 1 nitrogen and oxygen atoms in total. The molecule has 1 heteroatoms. The fourth-order valence-corrected chi connectivity index (χ4v) is 21.6. The van der Waals surface area contributed by atoms with Crippen molar-refractivity contribution in [2.75, 3.05) is 0 Å². The van der Waals surface area contributed by atoms with E-state index in [0.29, 0.717) is 0 Å². The van der Waals surface area contributed by atoms with Crippen LogP contribution in [0.4, 0.5) is 0 Å². The lowest BCUT2D eigenvalue weighted by atomic mass is 9.76. The Labute approximate surface area is 663 Å². The number of benzene rings is 20. The summed E-state index contributed by atoms with van der Waals surface area (Å²) in [6.07, 6.45) is 0. The quantitative estimate of drug-likeness (QED) is 0.119. The molecular weight excluding hydrogens is 1370 g/mol. The summed E-state index contributed by atoms with van der Waals surface area (Å²) < 4.78 is 6.22. The highest BCUT2D eigenvalue weighted by atomic mass is 16.3. The molecule has 24 rings (SSSR count). The van der Waals surface area contributed by atoms with Gasteiger partial charge in [0, 0.05) is 27.0 Å². The Morgan fingerprint density at radius 3 is 0.868 bits per heavy atom. The molecule has 20 aromatic carbocycles. The first kappa shape index (κ1) is 66.1. The van der Waals surface area contributed by atoms with Crippen LogP contribution in [0.25, 0.3) is 208 Å². The highest BCUT2D eigenvalue weighted by Crippen LogP contribution is 2.60. The van der Waals surface area contributed by atoms with Gasteiger partial charge < -0.3 is 4.42 Å². The van der Waals surface area contributed by atoms with Gasteiger partial charge in [0.15, 0.2) is 0 Å². The Morgan fingerprint density at radius 1 is 0.158 bits per heavy atom. The summed E-state index contributed by atoms with van der Waals surface area (Å²) in [5.41, 5.74) is 33.3. The molecule has 0 atom stereocenters. The van der Waals surface area contributed by atoms with Gasteiger partial charge in [-0.2, -0.15) is 0 Å². The van der Waals surface area contributed by atoms with Gasteiger partial charge >= 0.3 is 0 Å². The fraction of sp³-hybridized carbons (Fsp3) is 0.0796. The summed E-state index contributed by atoms with van der Waals surface area (Å²) in [7, 11) is 0. The Bertz CT molecular complexity index is 7610. The second kappa shape index (κ2) is 24.6. The topological polar surface area (TPSA) is 13.1 Å². The van der Waals surface area contributed by atoms with Crippen LogP contribution in [0.15, 0.2) is 368 Å². The van der Waals surface area contributed by atoms with Crippen LogP contribution in [-0.2, 0) is 16.2 Å². The van der Waals surface area contributed by atoms with Crippen molar-refractivity contribution in [3.8, 4) is 100 Å². The van der Waals surface area contributed by atoms with E-state index in [1.165, 1.54) is 220 Å². The van der Waals surface area contributed by atoms with E-state index in [4.69, 9.17) is 4.42 Å². The zero-order valence-corrected chi connectivity index (χ0v) is 64.5. The number of para-hydroxylation sites is 1. The zero-order chi connectivity index (χ0) is 76.0. The van der Waals surface area contributed by atoms with Gasteiger partial charge in [0.25, 0.3) is 0 Å². The highest BCUT2D eigenvalue weighted by molar-refractivity contribution is 6.25. The van der Waals surface area contributed by atoms with Crippen LogP contribution in [0, 0.1) is 0 Å². The van der Waals surface area contributed by atoms with Gasteiger partial charge in [0.2, 0.25) is 0 Å². The first-order valence-corrected chi connectivity index (χ1v) is 40.3. The van der Waals surface area contributed by atoms with Crippen molar-refractivity contribution in [1.82, 2.24) is 0 Å². The monoisotopic (exact) mass is 1450 g/mol. The lowest BCUT2D eigenvalue weighted by Gasteiger charge is -2.26. The van der Waals surface area contributed by atoms with Crippen LogP contribution in [0.3, 0.4) is 0 Å². The molecule has 3 aliphatic rings. The van der Waals surface area contributed by atoms with Gasteiger partial charge in [-0.1, -0.05) is 381 Å². The van der Waals surface area contributed by atoms with Gasteiger partial charge in [-0.05, 0) is 244 Å². The summed E-state index contributed by atoms with van der Waals surface area (Å²) >= 11 is 0.